The van der Waals surface area contributed by atoms with Gasteiger partial charge in [0.05, 0.1) is 17.0 Å². The highest BCUT2D eigenvalue weighted by molar-refractivity contribution is 7.92. The zero-order chi connectivity index (χ0) is 15.5. The first-order chi connectivity index (χ1) is 9.89. The summed E-state index contributed by atoms with van der Waals surface area (Å²) >= 11 is 0. The van der Waals surface area contributed by atoms with E-state index < -0.39 is 16.0 Å². The first-order valence-corrected chi connectivity index (χ1v) is 8.11. The van der Waals surface area contributed by atoms with E-state index in [2.05, 4.69) is 9.71 Å². The van der Waals surface area contributed by atoms with Crippen molar-refractivity contribution in [2.75, 3.05) is 10.5 Å². The van der Waals surface area contributed by atoms with Gasteiger partial charge in [-0.15, -0.1) is 0 Å². The third-order valence-electron chi connectivity index (χ3n) is 3.04. The molecule has 0 bridgehead atoms. The van der Waals surface area contributed by atoms with Crippen LogP contribution in [0.2, 0.25) is 0 Å². The Kier molecular flexibility index (Phi) is 4.42. The number of sulfonamides is 1. The van der Waals surface area contributed by atoms with E-state index >= 15 is 0 Å². The molecule has 0 atom stereocenters. The molecule has 0 unspecified atom stereocenters. The van der Waals surface area contributed by atoms with Gasteiger partial charge in [0.15, 0.2) is 0 Å². The normalized spacial score (nSPS) is 11.5. The Morgan fingerprint density at radius 3 is 2.81 bits per heavy atom. The second-order valence-electron chi connectivity index (χ2n) is 4.75. The van der Waals surface area contributed by atoms with Crippen LogP contribution in [-0.4, -0.2) is 30.2 Å². The summed E-state index contributed by atoms with van der Waals surface area (Å²) in [6.45, 7) is 1.90. The van der Waals surface area contributed by atoms with E-state index in [0.717, 1.165) is 16.5 Å². The monoisotopic (exact) mass is 308 g/mol. The predicted molar refractivity (Wildman–Crippen MR) is 80.8 cm³/mol. The van der Waals surface area contributed by atoms with Crippen molar-refractivity contribution in [3.05, 3.63) is 36.0 Å². The van der Waals surface area contributed by atoms with E-state index in [-0.39, 0.29) is 18.6 Å². The topological polar surface area (TPSA) is 96.4 Å². The number of fused-ring (bicyclic) bond motifs is 1. The third-order valence-corrected chi connectivity index (χ3v) is 4.40. The minimum Gasteiger partial charge on any atom is -0.481 e. The second-order valence-corrected chi connectivity index (χ2v) is 6.59. The van der Waals surface area contributed by atoms with E-state index in [1.807, 2.05) is 6.92 Å². The Balaban J connectivity index is 2.23. The minimum atomic E-state index is -3.58. The van der Waals surface area contributed by atoms with Crippen molar-refractivity contribution in [3.8, 4) is 0 Å². The van der Waals surface area contributed by atoms with Crippen LogP contribution in [0.25, 0.3) is 10.9 Å². The van der Waals surface area contributed by atoms with Crippen LogP contribution in [-0.2, 0) is 14.8 Å². The molecule has 0 fully saturated rings. The van der Waals surface area contributed by atoms with Gasteiger partial charge < -0.3 is 5.11 Å². The number of carboxylic acids is 1. The molecule has 1 aromatic heterocycles. The van der Waals surface area contributed by atoms with Gasteiger partial charge in [-0.3, -0.25) is 14.5 Å². The number of rotatable bonds is 6. The number of aliphatic carboxylic acids is 1. The first kappa shape index (κ1) is 15.2. The Morgan fingerprint density at radius 2 is 2.10 bits per heavy atom. The molecule has 0 aliphatic heterocycles. The Labute approximate surface area is 122 Å². The van der Waals surface area contributed by atoms with Crippen LogP contribution in [0, 0.1) is 6.92 Å². The molecule has 0 aliphatic rings. The summed E-state index contributed by atoms with van der Waals surface area (Å²) in [5.41, 5.74) is 2.15. The molecule has 6 nitrogen and oxygen atoms in total. The second kappa shape index (κ2) is 6.09. The van der Waals surface area contributed by atoms with Gasteiger partial charge in [-0.1, -0.05) is 6.07 Å². The fourth-order valence-electron chi connectivity index (χ4n) is 2.03. The van der Waals surface area contributed by atoms with Crippen LogP contribution >= 0.6 is 0 Å². The largest absolute Gasteiger partial charge is 0.481 e. The lowest BCUT2D eigenvalue weighted by Gasteiger charge is -2.11. The lowest BCUT2D eigenvalue weighted by atomic mass is 10.1. The van der Waals surface area contributed by atoms with Gasteiger partial charge in [0.1, 0.15) is 0 Å². The number of nitrogens with zero attached hydrogens (tertiary/aromatic N) is 1. The van der Waals surface area contributed by atoms with E-state index in [1.54, 1.807) is 30.5 Å². The molecule has 0 amide bonds. The van der Waals surface area contributed by atoms with Gasteiger partial charge in [0.2, 0.25) is 10.0 Å². The van der Waals surface area contributed by atoms with Crippen LogP contribution in [0.1, 0.15) is 18.4 Å². The number of hydrogen-bond acceptors (Lipinski definition) is 4. The zero-order valence-electron chi connectivity index (χ0n) is 11.5. The first-order valence-electron chi connectivity index (χ1n) is 6.46. The molecule has 0 spiro atoms. The van der Waals surface area contributed by atoms with Crippen molar-refractivity contribution >= 4 is 32.6 Å². The van der Waals surface area contributed by atoms with Crippen molar-refractivity contribution in [3.63, 3.8) is 0 Å². The highest BCUT2D eigenvalue weighted by Crippen LogP contribution is 2.25. The number of carbonyl (C=O) groups is 1. The molecular formula is C14H16N2O4S. The quantitative estimate of drug-likeness (QED) is 0.852. The highest BCUT2D eigenvalue weighted by Gasteiger charge is 2.14. The van der Waals surface area contributed by atoms with Crippen LogP contribution in [0.4, 0.5) is 5.69 Å². The molecular weight excluding hydrogens is 292 g/mol. The van der Waals surface area contributed by atoms with Crippen LogP contribution in [0.3, 0.4) is 0 Å². The van der Waals surface area contributed by atoms with Gasteiger partial charge in [-0.2, -0.15) is 0 Å². The van der Waals surface area contributed by atoms with Crippen molar-refractivity contribution < 1.29 is 18.3 Å². The Bertz CT molecular complexity index is 772. The maximum atomic E-state index is 12.0. The number of carboxylic acid groups (broad SMARTS) is 1. The SMILES string of the molecule is Cc1ccc(NS(=O)(=O)CCCC(=O)O)c2cccnc12. The van der Waals surface area contributed by atoms with E-state index in [9.17, 15) is 13.2 Å². The average molecular weight is 308 g/mol. The summed E-state index contributed by atoms with van der Waals surface area (Å²) in [5.74, 6) is -1.23. The summed E-state index contributed by atoms with van der Waals surface area (Å²) in [6, 6.07) is 7.02. The number of anilines is 1. The number of pyridine rings is 1. The molecule has 1 heterocycles. The van der Waals surface area contributed by atoms with Gasteiger partial charge in [-0.25, -0.2) is 8.42 Å². The molecule has 1 aromatic carbocycles. The lowest BCUT2D eigenvalue weighted by Crippen LogP contribution is -2.17. The highest BCUT2D eigenvalue weighted by atomic mass is 32.2. The fourth-order valence-corrected chi connectivity index (χ4v) is 3.17. The van der Waals surface area contributed by atoms with Gasteiger partial charge >= 0.3 is 5.97 Å². The molecule has 2 N–H and O–H groups in total. The molecule has 0 aliphatic carbocycles. The number of aromatic nitrogens is 1. The third kappa shape index (κ3) is 3.91. The minimum absolute atomic E-state index is 0.0761. The molecule has 0 saturated carbocycles. The lowest BCUT2D eigenvalue weighted by molar-refractivity contribution is -0.137. The molecule has 7 heteroatoms. The molecule has 2 aromatic rings. The average Bonchev–Trinajstić information content (AvgIpc) is 2.41. The summed E-state index contributed by atoms with van der Waals surface area (Å²) in [5, 5.41) is 9.27. The maximum Gasteiger partial charge on any atom is 0.303 e. The molecule has 2 rings (SSSR count). The molecule has 0 saturated heterocycles. The summed E-state index contributed by atoms with van der Waals surface area (Å²) < 4.78 is 26.5. The van der Waals surface area contributed by atoms with Crippen molar-refractivity contribution in [1.82, 2.24) is 4.98 Å². The van der Waals surface area contributed by atoms with E-state index in [1.165, 1.54) is 0 Å². The van der Waals surface area contributed by atoms with Crippen molar-refractivity contribution in [2.24, 2.45) is 0 Å². The van der Waals surface area contributed by atoms with Gasteiger partial charge in [-0.05, 0) is 37.1 Å². The Morgan fingerprint density at radius 1 is 1.33 bits per heavy atom. The van der Waals surface area contributed by atoms with Gasteiger partial charge in [0.25, 0.3) is 0 Å². The number of hydrogen-bond donors (Lipinski definition) is 2. The van der Waals surface area contributed by atoms with Crippen LogP contribution < -0.4 is 4.72 Å². The van der Waals surface area contributed by atoms with E-state index in [0.29, 0.717) is 5.69 Å². The number of nitrogens with one attached hydrogen (secondary N) is 1. The zero-order valence-corrected chi connectivity index (χ0v) is 12.4. The Hall–Kier alpha value is -2.15. The maximum absolute atomic E-state index is 12.0. The van der Waals surface area contributed by atoms with Crippen LogP contribution in [0.5, 0.6) is 0 Å². The van der Waals surface area contributed by atoms with Crippen LogP contribution in [0.15, 0.2) is 30.5 Å². The summed E-state index contributed by atoms with van der Waals surface area (Å²) in [4.78, 5) is 14.7. The summed E-state index contributed by atoms with van der Waals surface area (Å²) in [6.07, 6.45) is 1.56. The molecule has 112 valence electrons. The van der Waals surface area contributed by atoms with Gasteiger partial charge in [0, 0.05) is 18.0 Å². The number of benzene rings is 1. The molecule has 21 heavy (non-hydrogen) atoms. The molecule has 0 radical (unpaired) electrons. The van der Waals surface area contributed by atoms with E-state index in [4.69, 9.17) is 5.11 Å². The fraction of sp³-hybridized carbons (Fsp3) is 0.286. The van der Waals surface area contributed by atoms with Crippen molar-refractivity contribution in [2.45, 2.75) is 19.8 Å². The summed E-state index contributed by atoms with van der Waals surface area (Å²) in [7, 11) is -3.58. The standard InChI is InChI=1S/C14H16N2O4S/c1-10-6-7-12(11-4-2-8-15-14(10)11)16-21(19,20)9-3-5-13(17)18/h2,4,6-8,16H,3,5,9H2,1H3,(H,17,18). The van der Waals surface area contributed by atoms with Crippen molar-refractivity contribution in [1.29, 1.82) is 0 Å². The predicted octanol–water partition coefficient (Wildman–Crippen LogP) is 2.15. The smallest absolute Gasteiger partial charge is 0.303 e. The number of aryl methyl sites for hydroxylation is 1.